The maximum atomic E-state index is 12.9. The Bertz CT molecular complexity index is 1130. The molecule has 1 aliphatic heterocycles. The molecule has 4 rings (SSSR count). The van der Waals surface area contributed by atoms with Gasteiger partial charge in [-0.3, -0.25) is 10.1 Å². The Balaban J connectivity index is 1.52. The van der Waals surface area contributed by atoms with E-state index in [4.69, 9.17) is 0 Å². The normalized spacial score (nSPS) is 15.4. The van der Waals surface area contributed by atoms with Gasteiger partial charge in [0.15, 0.2) is 10.7 Å². The monoisotopic (exact) mass is 416 g/mol. The fourth-order valence-electron chi connectivity index (χ4n) is 3.08. The summed E-state index contributed by atoms with van der Waals surface area (Å²) in [6, 6.07) is 7.10. The van der Waals surface area contributed by atoms with Crippen LogP contribution in [0.25, 0.3) is 5.82 Å². The summed E-state index contributed by atoms with van der Waals surface area (Å²) in [5, 5.41) is 15.2. The van der Waals surface area contributed by atoms with Gasteiger partial charge in [-0.25, -0.2) is 28.1 Å². The number of aromatic nitrogens is 5. The minimum absolute atomic E-state index is 0.178. The second kappa shape index (κ2) is 7.52. The first kappa shape index (κ1) is 18.9. The largest absolute Gasteiger partial charge is 0.354 e. The van der Waals surface area contributed by atoms with Gasteiger partial charge >= 0.3 is 0 Å². The number of nitro groups is 1. The smallest absolute Gasteiger partial charge is 0.289 e. The van der Waals surface area contributed by atoms with Gasteiger partial charge < -0.3 is 4.90 Å². The minimum atomic E-state index is -3.98. The fourth-order valence-corrected chi connectivity index (χ4v) is 4.66. The number of piperazine rings is 1. The van der Waals surface area contributed by atoms with Crippen LogP contribution in [0.4, 0.5) is 11.5 Å². The van der Waals surface area contributed by atoms with Gasteiger partial charge in [-0.1, -0.05) is 12.1 Å². The summed E-state index contributed by atoms with van der Waals surface area (Å²) in [4.78, 5) is 24.4. The number of rotatable bonds is 5. The first-order valence-corrected chi connectivity index (χ1v) is 10.1. The predicted molar refractivity (Wildman–Crippen MR) is 101 cm³/mol. The number of anilines is 1. The number of nitro benzene ring substituents is 1. The fraction of sp³-hybridized carbons (Fsp3) is 0.250. The highest BCUT2D eigenvalue weighted by Gasteiger charge is 2.33. The van der Waals surface area contributed by atoms with Crippen LogP contribution < -0.4 is 4.90 Å². The molecule has 1 fully saturated rings. The molecular formula is C16H16N8O4S. The third-order valence-corrected chi connectivity index (χ3v) is 6.48. The lowest BCUT2D eigenvalue weighted by atomic mass is 10.3. The molecule has 0 amide bonds. The summed E-state index contributed by atoms with van der Waals surface area (Å²) in [6.45, 7) is 1.12. The van der Waals surface area contributed by atoms with Crippen LogP contribution in [0.5, 0.6) is 0 Å². The summed E-state index contributed by atoms with van der Waals surface area (Å²) in [5.74, 6) is 1.18. The van der Waals surface area contributed by atoms with Gasteiger partial charge in [-0.2, -0.15) is 9.40 Å². The molecule has 0 unspecified atom stereocenters. The van der Waals surface area contributed by atoms with E-state index in [9.17, 15) is 18.5 Å². The zero-order valence-electron chi connectivity index (χ0n) is 15.1. The lowest BCUT2D eigenvalue weighted by Crippen LogP contribution is -2.49. The zero-order valence-corrected chi connectivity index (χ0v) is 15.9. The van der Waals surface area contributed by atoms with Crippen LogP contribution in [-0.2, 0) is 10.0 Å². The van der Waals surface area contributed by atoms with Crippen molar-refractivity contribution in [3.63, 3.8) is 0 Å². The molecular weight excluding hydrogens is 400 g/mol. The van der Waals surface area contributed by atoms with Gasteiger partial charge in [0.2, 0.25) is 10.0 Å². The van der Waals surface area contributed by atoms with Gasteiger partial charge in [-0.05, 0) is 6.07 Å². The Hall–Kier alpha value is -3.45. The summed E-state index contributed by atoms with van der Waals surface area (Å²) in [7, 11) is -3.98. The summed E-state index contributed by atoms with van der Waals surface area (Å²) in [5.41, 5.74) is -0.428. The van der Waals surface area contributed by atoms with Gasteiger partial charge in [-0.15, -0.1) is 0 Å². The third kappa shape index (κ3) is 3.64. The van der Waals surface area contributed by atoms with E-state index in [1.807, 2.05) is 4.90 Å². The lowest BCUT2D eigenvalue weighted by Gasteiger charge is -2.34. The highest BCUT2D eigenvalue weighted by molar-refractivity contribution is 7.89. The first-order valence-electron chi connectivity index (χ1n) is 8.62. The van der Waals surface area contributed by atoms with Crippen molar-refractivity contribution in [2.24, 2.45) is 0 Å². The SMILES string of the molecule is O=[N+]([O-])c1ccccc1S(=O)(=O)N1CCN(c2cc(-n3cncn3)ncn2)CC1. The number of para-hydroxylation sites is 1. The molecule has 0 spiro atoms. The highest BCUT2D eigenvalue weighted by Crippen LogP contribution is 2.27. The number of benzene rings is 1. The van der Waals surface area contributed by atoms with Gasteiger partial charge in [0.1, 0.15) is 24.8 Å². The molecule has 29 heavy (non-hydrogen) atoms. The maximum absolute atomic E-state index is 12.9. The predicted octanol–water partition coefficient (Wildman–Crippen LogP) is 0.476. The molecule has 0 saturated carbocycles. The quantitative estimate of drug-likeness (QED) is 0.429. The van der Waals surface area contributed by atoms with Gasteiger partial charge in [0, 0.05) is 38.3 Å². The molecule has 0 N–H and O–H groups in total. The van der Waals surface area contributed by atoms with Crippen molar-refractivity contribution >= 4 is 21.5 Å². The van der Waals surface area contributed by atoms with Crippen molar-refractivity contribution in [2.45, 2.75) is 4.90 Å². The van der Waals surface area contributed by atoms with Crippen LogP contribution in [0.15, 0.2) is 54.2 Å². The highest BCUT2D eigenvalue weighted by atomic mass is 32.2. The van der Waals surface area contributed by atoms with Crippen LogP contribution in [0, 0.1) is 10.1 Å². The van der Waals surface area contributed by atoms with Crippen molar-refractivity contribution in [3.8, 4) is 5.82 Å². The summed E-state index contributed by atoms with van der Waals surface area (Å²) in [6.07, 6.45) is 4.32. The summed E-state index contributed by atoms with van der Waals surface area (Å²) < 4.78 is 28.6. The average Bonchev–Trinajstić information content (AvgIpc) is 3.29. The van der Waals surface area contributed by atoms with E-state index in [1.165, 1.54) is 52.2 Å². The Morgan fingerprint density at radius 1 is 1.00 bits per heavy atom. The molecule has 3 heterocycles. The standard InChI is InChI=1S/C16H16N8O4S/c25-24(26)13-3-1-2-4-14(13)29(27,28)22-7-5-21(6-8-22)15-9-16(19-11-18-15)23-12-17-10-20-23/h1-4,9-12H,5-8H2. The molecule has 0 bridgehead atoms. The molecule has 0 atom stereocenters. The number of hydrogen-bond acceptors (Lipinski definition) is 9. The second-order valence-corrected chi connectivity index (χ2v) is 8.10. The van der Waals surface area contributed by atoms with E-state index in [0.717, 1.165) is 0 Å². The first-order chi connectivity index (χ1) is 14.0. The molecule has 0 aliphatic carbocycles. The van der Waals surface area contributed by atoms with Crippen LogP contribution in [-0.4, -0.2) is 68.6 Å². The number of nitrogens with zero attached hydrogens (tertiary/aromatic N) is 8. The topological polar surface area (TPSA) is 140 Å². The molecule has 0 radical (unpaired) electrons. The summed E-state index contributed by atoms with van der Waals surface area (Å²) >= 11 is 0. The van der Waals surface area contributed by atoms with Crippen molar-refractivity contribution in [3.05, 3.63) is 59.4 Å². The van der Waals surface area contributed by atoms with E-state index >= 15 is 0 Å². The molecule has 1 aliphatic rings. The zero-order chi connectivity index (χ0) is 20.4. The molecule has 12 nitrogen and oxygen atoms in total. The van der Waals surface area contributed by atoms with E-state index in [-0.39, 0.29) is 18.0 Å². The Morgan fingerprint density at radius 3 is 2.41 bits per heavy atom. The Labute approximate surface area is 165 Å². The van der Waals surface area contributed by atoms with Gasteiger partial charge in [0.05, 0.1) is 4.92 Å². The molecule has 3 aromatic rings. The second-order valence-electron chi connectivity index (χ2n) is 6.19. The molecule has 150 valence electrons. The van der Waals surface area contributed by atoms with Gasteiger partial charge in [0.25, 0.3) is 5.69 Å². The lowest BCUT2D eigenvalue weighted by molar-refractivity contribution is -0.387. The molecule has 1 saturated heterocycles. The van der Waals surface area contributed by atoms with Crippen LogP contribution >= 0.6 is 0 Å². The third-order valence-electron chi connectivity index (χ3n) is 4.53. The number of sulfonamides is 1. The molecule has 2 aromatic heterocycles. The van der Waals surface area contributed by atoms with Crippen molar-refractivity contribution in [2.75, 3.05) is 31.1 Å². The van der Waals surface area contributed by atoms with Crippen LogP contribution in [0.3, 0.4) is 0 Å². The van der Waals surface area contributed by atoms with E-state index in [0.29, 0.717) is 24.7 Å². The minimum Gasteiger partial charge on any atom is -0.354 e. The Morgan fingerprint density at radius 2 is 1.72 bits per heavy atom. The van der Waals surface area contributed by atoms with Crippen LogP contribution in [0.2, 0.25) is 0 Å². The van der Waals surface area contributed by atoms with E-state index in [1.54, 1.807) is 6.07 Å². The average molecular weight is 416 g/mol. The molecule has 13 heteroatoms. The van der Waals surface area contributed by atoms with Crippen molar-refractivity contribution in [1.82, 2.24) is 29.0 Å². The van der Waals surface area contributed by atoms with Crippen LogP contribution in [0.1, 0.15) is 0 Å². The number of hydrogen-bond donors (Lipinski definition) is 0. The van der Waals surface area contributed by atoms with E-state index in [2.05, 4.69) is 20.1 Å². The van der Waals surface area contributed by atoms with Crippen molar-refractivity contribution in [1.29, 1.82) is 0 Å². The van der Waals surface area contributed by atoms with E-state index < -0.39 is 20.6 Å². The maximum Gasteiger partial charge on any atom is 0.289 e. The Kier molecular flexibility index (Phi) is 4.90. The molecule has 1 aromatic carbocycles. The van der Waals surface area contributed by atoms with Crippen molar-refractivity contribution < 1.29 is 13.3 Å².